The Morgan fingerprint density at radius 3 is 2.27 bits per heavy atom. The van der Waals surface area contributed by atoms with Gasteiger partial charge in [0.05, 0.1) is 18.1 Å². The smallest absolute Gasteiger partial charge is 0.409 e. The van der Waals surface area contributed by atoms with Crippen molar-refractivity contribution >= 4 is 17.7 Å². The van der Waals surface area contributed by atoms with Crippen molar-refractivity contribution in [2.24, 2.45) is 0 Å². The lowest BCUT2D eigenvalue weighted by Crippen LogP contribution is -2.24. The second kappa shape index (κ2) is 4.36. The van der Waals surface area contributed by atoms with Gasteiger partial charge in [-0.2, -0.15) is 0 Å². The first-order valence-corrected chi connectivity index (χ1v) is 4.04. The summed E-state index contributed by atoms with van der Waals surface area (Å²) in [6.07, 6.45) is 1.26. The summed E-state index contributed by atoms with van der Waals surface area (Å²) >= 11 is 0. The summed E-state index contributed by atoms with van der Waals surface area (Å²) in [5.74, 6) is -0.312. The molecule has 0 saturated carbocycles. The molecule has 0 spiro atoms. The van der Waals surface area contributed by atoms with E-state index in [2.05, 4.69) is 15.3 Å². The lowest BCUT2D eigenvalue weighted by molar-refractivity contribution is 0.0816. The van der Waals surface area contributed by atoms with Crippen molar-refractivity contribution in [3.05, 3.63) is 18.2 Å². The summed E-state index contributed by atoms with van der Waals surface area (Å²) < 4.78 is 0. The summed E-state index contributed by atoms with van der Waals surface area (Å²) in [6.45, 7) is 0. The fourth-order valence-electron chi connectivity index (χ4n) is 0.827. The van der Waals surface area contributed by atoms with E-state index in [0.29, 0.717) is 0 Å². The van der Waals surface area contributed by atoms with E-state index in [0.717, 1.165) is 0 Å². The monoisotopic (exact) mass is 210 g/mol. The summed E-state index contributed by atoms with van der Waals surface area (Å²) in [6, 6.07) is 0. The Bertz CT molecular complexity index is 374. The molecule has 0 saturated heterocycles. The number of rotatable bonds is 2. The van der Waals surface area contributed by atoms with E-state index in [1.807, 2.05) is 0 Å². The van der Waals surface area contributed by atoms with E-state index in [1.54, 1.807) is 14.1 Å². The van der Waals surface area contributed by atoms with E-state index in [9.17, 15) is 9.59 Å². The number of nitrogens with one attached hydrogen (secondary N) is 1. The molecule has 0 atom stereocenters. The van der Waals surface area contributed by atoms with Crippen LogP contribution < -0.4 is 5.32 Å². The van der Waals surface area contributed by atoms with Gasteiger partial charge >= 0.3 is 6.09 Å². The minimum Gasteiger partial charge on any atom is -0.465 e. The maximum atomic E-state index is 11.3. The molecule has 0 aliphatic rings. The number of carbonyl (C=O) groups is 2. The summed E-state index contributed by atoms with van der Waals surface area (Å²) in [7, 11) is 3.16. The van der Waals surface area contributed by atoms with Gasteiger partial charge in [0.15, 0.2) is 0 Å². The molecule has 1 aromatic rings. The van der Waals surface area contributed by atoms with E-state index in [1.165, 1.54) is 17.3 Å². The van der Waals surface area contributed by atoms with Crippen LogP contribution in [-0.2, 0) is 0 Å². The highest BCUT2D eigenvalue weighted by molar-refractivity contribution is 5.90. The van der Waals surface area contributed by atoms with Gasteiger partial charge < -0.3 is 10.0 Å². The highest BCUT2D eigenvalue weighted by Gasteiger charge is 2.10. The van der Waals surface area contributed by atoms with Crippen LogP contribution >= 0.6 is 0 Å². The van der Waals surface area contributed by atoms with Crippen LogP contribution in [0.3, 0.4) is 0 Å². The average Bonchev–Trinajstić information content (AvgIpc) is 2.17. The minimum absolute atomic E-state index is 0.0240. The minimum atomic E-state index is -1.20. The maximum Gasteiger partial charge on any atom is 0.409 e. The number of amides is 2. The molecule has 1 rings (SSSR count). The summed E-state index contributed by atoms with van der Waals surface area (Å²) in [5, 5.41) is 10.5. The van der Waals surface area contributed by atoms with Crippen LogP contribution in [0, 0.1) is 0 Å². The van der Waals surface area contributed by atoms with Crippen molar-refractivity contribution < 1.29 is 14.7 Å². The van der Waals surface area contributed by atoms with Gasteiger partial charge in [-0.1, -0.05) is 0 Å². The predicted molar refractivity (Wildman–Crippen MR) is 51.7 cm³/mol. The van der Waals surface area contributed by atoms with Gasteiger partial charge in [-0.05, 0) is 0 Å². The first-order chi connectivity index (χ1) is 7.00. The van der Waals surface area contributed by atoms with Crippen LogP contribution in [0.15, 0.2) is 12.4 Å². The molecule has 2 N–H and O–H groups in total. The van der Waals surface area contributed by atoms with Gasteiger partial charge in [-0.3, -0.25) is 10.1 Å². The fourth-order valence-corrected chi connectivity index (χ4v) is 0.827. The Kier molecular flexibility index (Phi) is 3.17. The number of aromatic nitrogens is 2. The normalized spacial score (nSPS) is 9.47. The first kappa shape index (κ1) is 10.9. The van der Waals surface area contributed by atoms with Crippen LogP contribution in [-0.4, -0.2) is 46.1 Å². The second-order valence-electron chi connectivity index (χ2n) is 2.93. The van der Waals surface area contributed by atoms with E-state index >= 15 is 0 Å². The molecule has 7 heteroatoms. The second-order valence-corrected chi connectivity index (χ2v) is 2.93. The number of hydrogen-bond donors (Lipinski definition) is 2. The molecule has 0 bridgehead atoms. The summed E-state index contributed by atoms with van der Waals surface area (Å²) in [4.78, 5) is 30.4. The van der Waals surface area contributed by atoms with Gasteiger partial charge in [-0.25, -0.2) is 14.8 Å². The predicted octanol–water partition coefficient (Wildman–Crippen LogP) is 0.268. The van der Waals surface area contributed by atoms with Gasteiger partial charge in [0.25, 0.3) is 5.91 Å². The molecular formula is C8H10N4O3. The van der Waals surface area contributed by atoms with E-state index in [4.69, 9.17) is 5.11 Å². The third-order valence-electron chi connectivity index (χ3n) is 1.50. The molecule has 0 radical (unpaired) electrons. The molecule has 1 aromatic heterocycles. The highest BCUT2D eigenvalue weighted by atomic mass is 16.4. The van der Waals surface area contributed by atoms with Gasteiger partial charge in [0.1, 0.15) is 0 Å². The Morgan fingerprint density at radius 2 is 1.87 bits per heavy atom. The largest absolute Gasteiger partial charge is 0.465 e. The quantitative estimate of drug-likeness (QED) is 0.730. The zero-order valence-corrected chi connectivity index (χ0v) is 8.26. The van der Waals surface area contributed by atoms with Crippen molar-refractivity contribution in [2.75, 3.05) is 19.4 Å². The topological polar surface area (TPSA) is 95.4 Å². The lowest BCUT2D eigenvalue weighted by Gasteiger charge is -2.08. The maximum absolute atomic E-state index is 11.3. The zero-order chi connectivity index (χ0) is 11.4. The number of nitrogens with zero attached hydrogens (tertiary/aromatic N) is 3. The van der Waals surface area contributed by atoms with Crippen LogP contribution in [0.5, 0.6) is 0 Å². The van der Waals surface area contributed by atoms with Crippen molar-refractivity contribution in [1.29, 1.82) is 0 Å². The lowest BCUT2D eigenvalue weighted by atomic mass is 10.4. The highest BCUT2D eigenvalue weighted by Crippen LogP contribution is 2.03. The van der Waals surface area contributed by atoms with Crippen LogP contribution in [0.1, 0.15) is 10.6 Å². The van der Waals surface area contributed by atoms with Gasteiger partial charge in [-0.15, -0.1) is 0 Å². The molecule has 1 heterocycles. The molecular weight excluding hydrogens is 200 g/mol. The van der Waals surface area contributed by atoms with Crippen molar-refractivity contribution in [3.63, 3.8) is 0 Å². The van der Waals surface area contributed by atoms with Crippen molar-refractivity contribution in [3.8, 4) is 0 Å². The third-order valence-corrected chi connectivity index (χ3v) is 1.50. The molecule has 80 valence electrons. The van der Waals surface area contributed by atoms with Crippen LogP contribution in [0.4, 0.5) is 10.5 Å². The van der Waals surface area contributed by atoms with Crippen molar-refractivity contribution in [2.45, 2.75) is 0 Å². The number of hydrogen-bond acceptors (Lipinski definition) is 4. The molecule has 0 unspecified atom stereocenters. The Morgan fingerprint density at radius 1 is 1.33 bits per heavy atom. The van der Waals surface area contributed by atoms with Gasteiger partial charge in [0, 0.05) is 14.1 Å². The Hall–Kier alpha value is -2.18. The number of anilines is 1. The van der Waals surface area contributed by atoms with E-state index < -0.39 is 6.09 Å². The molecule has 0 aliphatic heterocycles. The molecule has 0 aromatic carbocycles. The molecule has 0 fully saturated rings. The van der Waals surface area contributed by atoms with E-state index in [-0.39, 0.29) is 17.4 Å². The molecule has 7 nitrogen and oxygen atoms in total. The average molecular weight is 210 g/mol. The third kappa shape index (κ3) is 2.90. The molecule has 15 heavy (non-hydrogen) atoms. The SMILES string of the molecule is CN(C)C(=O)c1ncc(NC(=O)O)cn1. The number of carbonyl (C=O) groups excluding carboxylic acids is 1. The van der Waals surface area contributed by atoms with Crippen LogP contribution in [0.2, 0.25) is 0 Å². The Labute approximate surface area is 85.8 Å². The molecule has 2 amide bonds. The van der Waals surface area contributed by atoms with Crippen LogP contribution in [0.25, 0.3) is 0 Å². The van der Waals surface area contributed by atoms with Gasteiger partial charge in [0.2, 0.25) is 5.82 Å². The molecule has 0 aliphatic carbocycles. The number of carboxylic acid groups (broad SMARTS) is 1. The standard InChI is InChI=1S/C8H10N4O3/c1-12(2)7(13)6-9-3-5(4-10-6)11-8(14)15/h3-4,11H,1-2H3,(H,14,15). The Balaban J connectivity index is 2.81. The summed E-state index contributed by atoms with van der Waals surface area (Å²) in [5.41, 5.74) is 0.220. The van der Waals surface area contributed by atoms with Crippen molar-refractivity contribution in [1.82, 2.24) is 14.9 Å². The first-order valence-electron chi connectivity index (χ1n) is 4.04. The fraction of sp³-hybridized carbons (Fsp3) is 0.250. The zero-order valence-electron chi connectivity index (χ0n) is 8.26.